The highest BCUT2D eigenvalue weighted by atomic mass is 35.5. The number of piperidine rings is 1. The lowest BCUT2D eigenvalue weighted by Gasteiger charge is -2.33. The maximum Gasteiger partial charge on any atom is 0.417 e. The summed E-state index contributed by atoms with van der Waals surface area (Å²) in [5.41, 5.74) is 3.16. The summed E-state index contributed by atoms with van der Waals surface area (Å²) in [6.45, 7) is 6.96. The van der Waals surface area contributed by atoms with Crippen LogP contribution in [-0.4, -0.2) is 24.0 Å². The van der Waals surface area contributed by atoms with Crippen LogP contribution >= 0.6 is 11.6 Å². The summed E-state index contributed by atoms with van der Waals surface area (Å²) in [5.74, 6) is 0.120. The zero-order valence-corrected chi connectivity index (χ0v) is 17.3. The molecule has 1 amide bonds. The van der Waals surface area contributed by atoms with Crippen LogP contribution in [0.5, 0.6) is 0 Å². The van der Waals surface area contributed by atoms with Crippen molar-refractivity contribution in [2.45, 2.75) is 39.8 Å². The van der Waals surface area contributed by atoms with Gasteiger partial charge < -0.3 is 10.2 Å². The molecule has 1 aromatic heterocycles. The maximum absolute atomic E-state index is 12.8. The van der Waals surface area contributed by atoms with E-state index in [9.17, 15) is 18.0 Å². The second-order valence-electron chi connectivity index (χ2n) is 7.55. The molecule has 0 radical (unpaired) electrons. The fraction of sp³-hybridized carbons (Fsp3) is 0.429. The molecule has 29 heavy (non-hydrogen) atoms. The van der Waals surface area contributed by atoms with E-state index < -0.39 is 11.7 Å². The van der Waals surface area contributed by atoms with Gasteiger partial charge in [0.25, 0.3) is 0 Å². The first kappa shape index (κ1) is 21.4. The second kappa shape index (κ2) is 8.22. The molecule has 2 heterocycles. The topological polar surface area (TPSA) is 45.2 Å². The van der Waals surface area contributed by atoms with E-state index in [4.69, 9.17) is 11.6 Å². The number of amides is 1. The third-order valence-electron chi connectivity index (χ3n) is 5.24. The minimum absolute atomic E-state index is 0.0337. The lowest BCUT2D eigenvalue weighted by Crippen LogP contribution is -2.39. The molecule has 4 nitrogen and oxygen atoms in total. The molecular weight excluding hydrogens is 403 g/mol. The molecule has 0 bridgehead atoms. The maximum atomic E-state index is 12.8. The van der Waals surface area contributed by atoms with Crippen molar-refractivity contribution in [3.8, 4) is 0 Å². The highest BCUT2D eigenvalue weighted by molar-refractivity contribution is 6.33. The Hall–Kier alpha value is -2.28. The van der Waals surface area contributed by atoms with Crippen LogP contribution in [0.25, 0.3) is 0 Å². The van der Waals surface area contributed by atoms with Gasteiger partial charge in [0.15, 0.2) is 0 Å². The number of anilines is 2. The van der Waals surface area contributed by atoms with Crippen LogP contribution in [0.1, 0.15) is 35.1 Å². The van der Waals surface area contributed by atoms with Crippen LogP contribution < -0.4 is 10.2 Å². The molecule has 0 spiro atoms. The van der Waals surface area contributed by atoms with Crippen molar-refractivity contribution in [2.75, 3.05) is 23.3 Å². The molecule has 1 aromatic carbocycles. The molecule has 0 aliphatic carbocycles. The predicted octanol–water partition coefficient (Wildman–Crippen LogP) is 5.53. The van der Waals surface area contributed by atoms with Crippen molar-refractivity contribution < 1.29 is 18.0 Å². The van der Waals surface area contributed by atoms with Gasteiger partial charge in [0.1, 0.15) is 5.82 Å². The zero-order valence-electron chi connectivity index (χ0n) is 16.5. The lowest BCUT2D eigenvalue weighted by molar-refractivity contribution is -0.137. The van der Waals surface area contributed by atoms with Crippen LogP contribution in [0.4, 0.5) is 24.7 Å². The highest BCUT2D eigenvalue weighted by Crippen LogP contribution is 2.35. The molecule has 156 valence electrons. The van der Waals surface area contributed by atoms with E-state index in [0.29, 0.717) is 31.7 Å². The lowest BCUT2D eigenvalue weighted by atomic mass is 9.95. The summed E-state index contributed by atoms with van der Waals surface area (Å²) in [6, 6.07) is 4.96. The largest absolute Gasteiger partial charge is 0.417 e. The number of aromatic nitrogens is 1. The highest BCUT2D eigenvalue weighted by Gasteiger charge is 2.33. The summed E-state index contributed by atoms with van der Waals surface area (Å²) in [5, 5.41) is 3.01. The van der Waals surface area contributed by atoms with Crippen molar-refractivity contribution in [1.82, 2.24) is 4.98 Å². The van der Waals surface area contributed by atoms with Gasteiger partial charge in [-0.1, -0.05) is 29.3 Å². The van der Waals surface area contributed by atoms with Crippen LogP contribution in [0, 0.1) is 26.7 Å². The summed E-state index contributed by atoms with van der Waals surface area (Å²) in [7, 11) is 0. The molecule has 1 saturated heterocycles. The summed E-state index contributed by atoms with van der Waals surface area (Å²) in [4.78, 5) is 18.5. The van der Waals surface area contributed by atoms with Crippen LogP contribution in [0.15, 0.2) is 24.4 Å². The smallest absolute Gasteiger partial charge is 0.355 e. The molecule has 8 heteroatoms. The van der Waals surface area contributed by atoms with Crippen LogP contribution in [0.3, 0.4) is 0 Å². The fourth-order valence-corrected chi connectivity index (χ4v) is 4.06. The Balaban J connectivity index is 1.64. The number of carbonyl (C=O) groups excluding carboxylic acids is 1. The molecule has 2 aromatic rings. The van der Waals surface area contributed by atoms with E-state index in [-0.39, 0.29) is 16.8 Å². The number of benzene rings is 1. The minimum Gasteiger partial charge on any atom is -0.355 e. The average Bonchev–Trinajstić information content (AvgIpc) is 2.64. The molecule has 1 fully saturated rings. The Kier molecular flexibility index (Phi) is 6.08. The van der Waals surface area contributed by atoms with Gasteiger partial charge in [-0.25, -0.2) is 4.98 Å². The summed E-state index contributed by atoms with van der Waals surface area (Å²) in [6.07, 6.45) is -2.53. The predicted molar refractivity (Wildman–Crippen MR) is 108 cm³/mol. The first-order valence-electron chi connectivity index (χ1n) is 9.42. The number of hydrogen-bond donors (Lipinski definition) is 1. The monoisotopic (exact) mass is 425 g/mol. The van der Waals surface area contributed by atoms with Gasteiger partial charge in [0, 0.05) is 30.9 Å². The third kappa shape index (κ3) is 4.83. The molecule has 0 saturated carbocycles. The van der Waals surface area contributed by atoms with Gasteiger partial charge in [-0.15, -0.1) is 0 Å². The second-order valence-corrected chi connectivity index (χ2v) is 7.96. The summed E-state index contributed by atoms with van der Waals surface area (Å²) >= 11 is 6.04. The van der Waals surface area contributed by atoms with Crippen molar-refractivity contribution in [3.05, 3.63) is 51.7 Å². The number of carbonyl (C=O) groups is 1. The standard InChI is InChI=1S/C21H23ClF3N3O/c1-12-8-13(2)18(14(3)9-12)27-20(29)15-4-6-28(7-5-15)19-17(22)10-16(11-26-19)21(23,24)25/h8-11,15H,4-7H2,1-3H3,(H,27,29). The van der Waals surface area contributed by atoms with Gasteiger partial charge in [0.2, 0.25) is 5.91 Å². The Morgan fingerprint density at radius 3 is 2.24 bits per heavy atom. The molecule has 0 atom stereocenters. The SMILES string of the molecule is Cc1cc(C)c(NC(=O)C2CCN(c3ncc(C(F)(F)F)cc3Cl)CC2)c(C)c1. The Bertz CT molecular complexity index is 899. The van der Waals surface area contributed by atoms with Crippen LogP contribution in [0.2, 0.25) is 5.02 Å². The number of rotatable bonds is 3. The number of nitrogens with one attached hydrogen (secondary N) is 1. The minimum atomic E-state index is -4.48. The quantitative estimate of drug-likeness (QED) is 0.702. The number of alkyl halides is 3. The van der Waals surface area contributed by atoms with E-state index in [1.54, 1.807) is 0 Å². The van der Waals surface area contributed by atoms with Gasteiger partial charge >= 0.3 is 6.18 Å². The average molecular weight is 426 g/mol. The van der Waals surface area contributed by atoms with E-state index in [0.717, 1.165) is 34.6 Å². The molecule has 3 rings (SSSR count). The number of nitrogens with zero attached hydrogens (tertiary/aromatic N) is 2. The van der Waals surface area contributed by atoms with Crippen molar-refractivity contribution in [3.63, 3.8) is 0 Å². The molecule has 0 unspecified atom stereocenters. The number of halogens is 4. The van der Waals surface area contributed by atoms with Gasteiger partial charge in [-0.2, -0.15) is 13.2 Å². The van der Waals surface area contributed by atoms with E-state index in [1.165, 1.54) is 0 Å². The molecule has 1 aliphatic heterocycles. The number of pyridine rings is 1. The zero-order chi connectivity index (χ0) is 21.3. The van der Waals surface area contributed by atoms with Crippen molar-refractivity contribution >= 4 is 29.0 Å². The van der Waals surface area contributed by atoms with E-state index in [2.05, 4.69) is 10.3 Å². The normalized spacial score (nSPS) is 15.5. The van der Waals surface area contributed by atoms with E-state index >= 15 is 0 Å². The van der Waals surface area contributed by atoms with Gasteiger partial charge in [0.05, 0.1) is 10.6 Å². The fourth-order valence-electron chi connectivity index (χ4n) is 3.77. The molecular formula is C21H23ClF3N3O. The summed E-state index contributed by atoms with van der Waals surface area (Å²) < 4.78 is 38.3. The van der Waals surface area contributed by atoms with E-state index in [1.807, 2.05) is 37.8 Å². The Morgan fingerprint density at radius 2 is 1.72 bits per heavy atom. The van der Waals surface area contributed by atoms with Crippen LogP contribution in [-0.2, 0) is 11.0 Å². The molecule has 1 aliphatic rings. The van der Waals surface area contributed by atoms with Crippen molar-refractivity contribution in [1.29, 1.82) is 0 Å². The number of hydrogen-bond acceptors (Lipinski definition) is 3. The molecule has 1 N–H and O–H groups in total. The third-order valence-corrected chi connectivity index (χ3v) is 5.52. The van der Waals surface area contributed by atoms with Gasteiger partial charge in [-0.3, -0.25) is 4.79 Å². The first-order chi connectivity index (χ1) is 13.6. The Labute approximate surface area is 173 Å². The Morgan fingerprint density at radius 1 is 1.14 bits per heavy atom. The van der Waals surface area contributed by atoms with Crippen molar-refractivity contribution in [2.24, 2.45) is 5.92 Å². The van der Waals surface area contributed by atoms with Gasteiger partial charge in [-0.05, 0) is 50.8 Å². The number of aryl methyl sites for hydroxylation is 3. The first-order valence-corrected chi connectivity index (χ1v) is 9.80.